The lowest BCUT2D eigenvalue weighted by Crippen LogP contribution is -2.20. The van der Waals surface area contributed by atoms with Crippen LogP contribution in [-0.2, 0) is 0 Å². The average Bonchev–Trinajstić information content (AvgIpc) is 2.69. The fraction of sp³-hybridized carbons (Fsp3) is 0.625. The molecule has 0 radical (unpaired) electrons. The summed E-state index contributed by atoms with van der Waals surface area (Å²) < 4.78 is 4.91. The molecule has 1 atom stereocenters. The molecule has 2 heterocycles. The normalized spacial score (nSPS) is 20.2. The van der Waals surface area contributed by atoms with Gasteiger partial charge in [-0.25, -0.2) is 0 Å². The van der Waals surface area contributed by atoms with Crippen LogP contribution in [-0.4, -0.2) is 39.6 Å². The highest BCUT2D eigenvalue weighted by molar-refractivity contribution is 7.99. The zero-order chi connectivity index (χ0) is 10.7. The first-order chi connectivity index (χ1) is 7.28. The molecule has 15 heavy (non-hydrogen) atoms. The van der Waals surface area contributed by atoms with Crippen molar-refractivity contribution in [1.82, 2.24) is 15.0 Å². The van der Waals surface area contributed by atoms with Crippen LogP contribution in [0.1, 0.15) is 6.42 Å². The van der Waals surface area contributed by atoms with E-state index in [-0.39, 0.29) is 12.0 Å². The van der Waals surface area contributed by atoms with Crippen molar-refractivity contribution in [2.75, 3.05) is 29.7 Å². The minimum atomic E-state index is 0.176. The van der Waals surface area contributed by atoms with Crippen LogP contribution in [0.5, 0.6) is 6.01 Å². The minimum Gasteiger partial charge on any atom is -0.467 e. The standard InChI is InChI=1S/C8H13N5OS/c1-14-8-12-6(9)11-7(13-8)10-5-2-3-15-4-5/h5H,2-4H2,1H3,(H3,9,10,11,12,13). The quantitative estimate of drug-likeness (QED) is 0.772. The Labute approximate surface area is 92.0 Å². The zero-order valence-corrected chi connectivity index (χ0v) is 9.25. The topological polar surface area (TPSA) is 86.0 Å². The second-order valence-corrected chi connectivity index (χ2v) is 4.36. The molecule has 1 aromatic rings. The van der Waals surface area contributed by atoms with Crippen LogP contribution in [0, 0.1) is 0 Å². The fourth-order valence-electron chi connectivity index (χ4n) is 1.36. The first kappa shape index (κ1) is 10.3. The highest BCUT2D eigenvalue weighted by atomic mass is 32.2. The second kappa shape index (κ2) is 4.52. The average molecular weight is 227 g/mol. The number of thioether (sulfide) groups is 1. The maximum absolute atomic E-state index is 5.52. The molecular formula is C8H13N5OS. The maximum Gasteiger partial charge on any atom is 0.322 e. The number of nitrogens with two attached hydrogens (primary N) is 1. The molecule has 0 aliphatic carbocycles. The van der Waals surface area contributed by atoms with Crippen molar-refractivity contribution in [2.24, 2.45) is 0 Å². The van der Waals surface area contributed by atoms with Gasteiger partial charge < -0.3 is 15.8 Å². The van der Waals surface area contributed by atoms with Crippen molar-refractivity contribution in [1.29, 1.82) is 0 Å². The summed E-state index contributed by atoms with van der Waals surface area (Å²) in [4.78, 5) is 11.9. The molecule has 0 spiro atoms. The molecular weight excluding hydrogens is 214 g/mol. The number of aromatic nitrogens is 3. The largest absolute Gasteiger partial charge is 0.467 e. The fourth-order valence-corrected chi connectivity index (χ4v) is 2.51. The van der Waals surface area contributed by atoms with Gasteiger partial charge >= 0.3 is 6.01 Å². The Balaban J connectivity index is 2.09. The third-order valence-electron chi connectivity index (χ3n) is 2.08. The van der Waals surface area contributed by atoms with Gasteiger partial charge in [0, 0.05) is 11.8 Å². The van der Waals surface area contributed by atoms with Crippen molar-refractivity contribution >= 4 is 23.7 Å². The molecule has 2 rings (SSSR count). The summed E-state index contributed by atoms with van der Waals surface area (Å²) in [5, 5.41) is 3.21. The molecule has 1 aromatic heterocycles. The van der Waals surface area contributed by atoms with Crippen LogP contribution in [0.2, 0.25) is 0 Å². The Morgan fingerprint density at radius 2 is 2.33 bits per heavy atom. The molecule has 82 valence electrons. The van der Waals surface area contributed by atoms with E-state index in [4.69, 9.17) is 10.5 Å². The molecule has 0 bridgehead atoms. The van der Waals surface area contributed by atoms with E-state index in [0.717, 1.165) is 12.2 Å². The highest BCUT2D eigenvalue weighted by Crippen LogP contribution is 2.20. The van der Waals surface area contributed by atoms with Crippen molar-refractivity contribution in [2.45, 2.75) is 12.5 Å². The lowest BCUT2D eigenvalue weighted by atomic mass is 10.3. The molecule has 0 amide bonds. The van der Waals surface area contributed by atoms with Crippen LogP contribution in [0.3, 0.4) is 0 Å². The Kier molecular flexibility index (Phi) is 3.10. The van der Waals surface area contributed by atoms with E-state index >= 15 is 0 Å². The lowest BCUT2D eigenvalue weighted by molar-refractivity contribution is 0.379. The van der Waals surface area contributed by atoms with E-state index < -0.39 is 0 Å². The highest BCUT2D eigenvalue weighted by Gasteiger charge is 2.16. The van der Waals surface area contributed by atoms with Gasteiger partial charge in [-0.05, 0) is 12.2 Å². The van der Waals surface area contributed by atoms with E-state index in [9.17, 15) is 0 Å². The molecule has 1 saturated heterocycles. The molecule has 1 fully saturated rings. The number of hydrogen-bond acceptors (Lipinski definition) is 7. The third kappa shape index (κ3) is 2.62. The molecule has 6 nitrogen and oxygen atoms in total. The summed E-state index contributed by atoms with van der Waals surface area (Å²) in [5.74, 6) is 2.92. The van der Waals surface area contributed by atoms with Gasteiger partial charge in [0.15, 0.2) is 0 Å². The Hall–Kier alpha value is -1.24. The number of nitrogens with zero attached hydrogens (tertiary/aromatic N) is 3. The van der Waals surface area contributed by atoms with Gasteiger partial charge in [-0.3, -0.25) is 0 Å². The van der Waals surface area contributed by atoms with Crippen molar-refractivity contribution < 1.29 is 4.74 Å². The van der Waals surface area contributed by atoms with E-state index in [0.29, 0.717) is 12.0 Å². The van der Waals surface area contributed by atoms with Gasteiger partial charge in [-0.2, -0.15) is 26.7 Å². The van der Waals surface area contributed by atoms with E-state index in [1.54, 1.807) is 0 Å². The second-order valence-electron chi connectivity index (χ2n) is 3.21. The number of nitrogen functional groups attached to an aromatic ring is 1. The van der Waals surface area contributed by atoms with E-state index in [2.05, 4.69) is 20.3 Å². The third-order valence-corrected chi connectivity index (χ3v) is 3.24. The van der Waals surface area contributed by atoms with Crippen LogP contribution in [0.25, 0.3) is 0 Å². The van der Waals surface area contributed by atoms with Gasteiger partial charge in [0.2, 0.25) is 11.9 Å². The SMILES string of the molecule is COc1nc(N)nc(NC2CCSC2)n1. The minimum absolute atomic E-state index is 0.176. The Morgan fingerprint density at radius 1 is 1.47 bits per heavy atom. The molecule has 7 heteroatoms. The van der Waals surface area contributed by atoms with Gasteiger partial charge in [0.25, 0.3) is 0 Å². The van der Waals surface area contributed by atoms with Gasteiger partial charge in [0.05, 0.1) is 7.11 Å². The predicted molar refractivity (Wildman–Crippen MR) is 60.1 cm³/mol. The first-order valence-electron chi connectivity index (χ1n) is 4.68. The number of nitrogens with one attached hydrogen (secondary N) is 1. The summed E-state index contributed by atoms with van der Waals surface area (Å²) >= 11 is 1.92. The van der Waals surface area contributed by atoms with Crippen molar-refractivity contribution in [3.8, 4) is 6.01 Å². The first-order valence-corrected chi connectivity index (χ1v) is 5.83. The van der Waals surface area contributed by atoms with Crippen LogP contribution >= 0.6 is 11.8 Å². The van der Waals surface area contributed by atoms with Gasteiger partial charge in [0.1, 0.15) is 0 Å². The smallest absolute Gasteiger partial charge is 0.322 e. The van der Waals surface area contributed by atoms with Gasteiger partial charge in [-0.15, -0.1) is 0 Å². The molecule has 3 N–H and O–H groups in total. The molecule has 0 saturated carbocycles. The number of ether oxygens (including phenoxy) is 1. The van der Waals surface area contributed by atoms with Crippen LogP contribution in [0.15, 0.2) is 0 Å². The summed E-state index contributed by atoms with van der Waals surface area (Å²) in [6.07, 6.45) is 1.12. The van der Waals surface area contributed by atoms with Crippen molar-refractivity contribution in [3.63, 3.8) is 0 Å². The van der Waals surface area contributed by atoms with Crippen molar-refractivity contribution in [3.05, 3.63) is 0 Å². The van der Waals surface area contributed by atoms with Crippen LogP contribution in [0.4, 0.5) is 11.9 Å². The van der Waals surface area contributed by atoms with E-state index in [1.165, 1.54) is 12.9 Å². The van der Waals surface area contributed by atoms with Gasteiger partial charge in [-0.1, -0.05) is 0 Å². The molecule has 1 aliphatic heterocycles. The number of rotatable bonds is 3. The molecule has 0 aromatic carbocycles. The number of hydrogen-bond donors (Lipinski definition) is 2. The Bertz CT molecular complexity index is 342. The summed E-state index contributed by atoms with van der Waals surface area (Å²) in [6.45, 7) is 0. The number of methoxy groups -OCH3 is 1. The van der Waals surface area contributed by atoms with Crippen LogP contribution < -0.4 is 15.8 Å². The monoisotopic (exact) mass is 227 g/mol. The lowest BCUT2D eigenvalue weighted by Gasteiger charge is -2.11. The summed E-state index contributed by atoms with van der Waals surface area (Å²) in [7, 11) is 1.50. The van der Waals surface area contributed by atoms with E-state index in [1.807, 2.05) is 11.8 Å². The zero-order valence-electron chi connectivity index (χ0n) is 8.43. The summed E-state index contributed by atoms with van der Waals surface area (Å²) in [5.41, 5.74) is 5.52. The molecule has 1 aliphatic rings. The number of anilines is 2. The summed E-state index contributed by atoms with van der Waals surface area (Å²) in [6, 6.07) is 0.664. The maximum atomic E-state index is 5.52. The molecule has 1 unspecified atom stereocenters. The Morgan fingerprint density at radius 3 is 3.00 bits per heavy atom. The predicted octanol–water partition coefficient (Wildman–Crippen LogP) is 0.380.